The van der Waals surface area contributed by atoms with E-state index >= 15 is 0 Å². The summed E-state index contributed by atoms with van der Waals surface area (Å²) in [7, 11) is 0. The average Bonchev–Trinajstić information content (AvgIpc) is 3.41. The largest absolute Gasteiger partial charge is 0.423 e. The summed E-state index contributed by atoms with van der Waals surface area (Å²) in [5.41, 5.74) is 2.93. The first-order chi connectivity index (χ1) is 15.2. The van der Waals surface area contributed by atoms with Crippen LogP contribution in [0.5, 0.6) is 0 Å². The summed E-state index contributed by atoms with van der Waals surface area (Å²) in [6.07, 6.45) is 2.01. The Hall–Kier alpha value is -4.09. The molecule has 0 saturated carbocycles. The lowest BCUT2D eigenvalue weighted by Gasteiger charge is -2.01. The van der Waals surface area contributed by atoms with Crippen LogP contribution in [0.3, 0.4) is 0 Å². The first-order valence-electron chi connectivity index (χ1n) is 9.55. The highest BCUT2D eigenvalue weighted by Crippen LogP contribution is 2.29. The lowest BCUT2D eigenvalue weighted by Crippen LogP contribution is -2.22. The Labute approximate surface area is 180 Å². The van der Waals surface area contributed by atoms with Crippen molar-refractivity contribution < 1.29 is 4.42 Å². The first-order valence-corrected chi connectivity index (χ1v) is 10.4. The third-order valence-electron chi connectivity index (χ3n) is 4.80. The maximum absolute atomic E-state index is 12.2. The molecule has 31 heavy (non-hydrogen) atoms. The molecule has 0 N–H and O–H groups in total. The number of nitrogens with zero attached hydrogens (tertiary/aromatic N) is 5. The van der Waals surface area contributed by atoms with Gasteiger partial charge in [-0.05, 0) is 35.4 Å². The van der Waals surface area contributed by atoms with Crippen molar-refractivity contribution in [3.8, 4) is 17.2 Å². The molecule has 0 atom stereocenters. The highest BCUT2D eigenvalue weighted by Gasteiger charge is 2.13. The number of hydrogen-bond acceptors (Lipinski definition) is 7. The van der Waals surface area contributed by atoms with Gasteiger partial charge in [-0.25, -0.2) is 4.98 Å². The zero-order valence-electron chi connectivity index (χ0n) is 16.2. The van der Waals surface area contributed by atoms with Crippen LogP contribution in [0.15, 0.2) is 76.1 Å². The van der Waals surface area contributed by atoms with Gasteiger partial charge in [-0.1, -0.05) is 36.4 Å². The van der Waals surface area contributed by atoms with E-state index in [4.69, 9.17) is 9.68 Å². The summed E-state index contributed by atoms with van der Waals surface area (Å²) in [4.78, 5) is 16.8. The molecule has 0 bridgehead atoms. The lowest BCUT2D eigenvalue weighted by atomic mass is 10.1. The molecule has 2 aromatic carbocycles. The molecule has 5 aromatic rings. The summed E-state index contributed by atoms with van der Waals surface area (Å²) < 4.78 is 8.18. The Morgan fingerprint density at radius 1 is 1.00 bits per heavy atom. The molecule has 5 rings (SSSR count). The van der Waals surface area contributed by atoms with Crippen LogP contribution in [0.25, 0.3) is 21.3 Å². The Kier molecular flexibility index (Phi) is 4.86. The fourth-order valence-corrected chi connectivity index (χ4v) is 4.30. The van der Waals surface area contributed by atoms with Crippen molar-refractivity contribution in [3.63, 3.8) is 0 Å². The molecule has 3 aromatic heterocycles. The van der Waals surface area contributed by atoms with E-state index in [0.29, 0.717) is 18.2 Å². The van der Waals surface area contributed by atoms with Crippen molar-refractivity contribution in [1.82, 2.24) is 19.7 Å². The quantitative estimate of drug-likeness (QED) is 0.422. The van der Waals surface area contributed by atoms with E-state index in [9.17, 15) is 4.79 Å². The molecule has 3 heterocycles. The Morgan fingerprint density at radius 2 is 1.84 bits per heavy atom. The number of rotatable bonds is 5. The SMILES string of the molecule is N#Cc1cccn(Cc2nnc(Cc3nc4ccc(-c5ccccc5)cc4s3)o2)c1=O. The number of benzene rings is 2. The van der Waals surface area contributed by atoms with E-state index < -0.39 is 0 Å². The van der Waals surface area contributed by atoms with Gasteiger partial charge in [-0.2, -0.15) is 5.26 Å². The number of hydrogen-bond donors (Lipinski definition) is 0. The van der Waals surface area contributed by atoms with E-state index in [-0.39, 0.29) is 17.7 Å². The van der Waals surface area contributed by atoms with Crippen LogP contribution < -0.4 is 5.56 Å². The molecule has 0 radical (unpaired) electrons. The molecule has 0 aliphatic heterocycles. The van der Waals surface area contributed by atoms with E-state index in [1.54, 1.807) is 23.6 Å². The van der Waals surface area contributed by atoms with Gasteiger partial charge in [0.25, 0.3) is 5.56 Å². The Morgan fingerprint density at radius 3 is 2.68 bits per heavy atom. The smallest absolute Gasteiger partial charge is 0.268 e. The second kappa shape index (κ2) is 7.97. The highest BCUT2D eigenvalue weighted by molar-refractivity contribution is 7.18. The molecule has 8 heteroatoms. The summed E-state index contributed by atoms with van der Waals surface area (Å²) in [6, 6.07) is 21.4. The standard InChI is InChI=1S/C23H15N5O2S/c24-13-17-7-4-10-28(23(17)29)14-21-27-26-20(30-21)12-22-25-18-9-8-16(11-19(18)31-22)15-5-2-1-3-6-15/h1-11H,12,14H2. The van der Waals surface area contributed by atoms with Crippen molar-refractivity contribution in [2.45, 2.75) is 13.0 Å². The average molecular weight is 425 g/mol. The van der Waals surface area contributed by atoms with E-state index in [1.165, 1.54) is 10.6 Å². The van der Waals surface area contributed by atoms with Crippen LogP contribution in [0.2, 0.25) is 0 Å². The molecule has 0 aliphatic carbocycles. The minimum Gasteiger partial charge on any atom is -0.423 e. The van der Waals surface area contributed by atoms with Crippen molar-refractivity contribution in [2.75, 3.05) is 0 Å². The van der Waals surface area contributed by atoms with Gasteiger partial charge in [0.2, 0.25) is 11.8 Å². The summed E-state index contributed by atoms with van der Waals surface area (Å²) in [6.45, 7) is 0.113. The van der Waals surface area contributed by atoms with Gasteiger partial charge in [0.05, 0.1) is 16.6 Å². The van der Waals surface area contributed by atoms with Crippen molar-refractivity contribution >= 4 is 21.6 Å². The highest BCUT2D eigenvalue weighted by atomic mass is 32.1. The van der Waals surface area contributed by atoms with Gasteiger partial charge in [-0.15, -0.1) is 21.5 Å². The van der Waals surface area contributed by atoms with Crippen LogP contribution in [-0.2, 0) is 13.0 Å². The van der Waals surface area contributed by atoms with Gasteiger partial charge in [-0.3, -0.25) is 4.79 Å². The number of pyridine rings is 1. The van der Waals surface area contributed by atoms with Gasteiger partial charge >= 0.3 is 0 Å². The third-order valence-corrected chi connectivity index (χ3v) is 5.82. The van der Waals surface area contributed by atoms with Gasteiger partial charge in [0.1, 0.15) is 23.2 Å². The van der Waals surface area contributed by atoms with E-state index in [1.807, 2.05) is 30.3 Å². The van der Waals surface area contributed by atoms with Crippen LogP contribution >= 0.6 is 11.3 Å². The van der Waals surface area contributed by atoms with Crippen molar-refractivity contribution in [3.05, 3.63) is 99.6 Å². The molecular formula is C23H15N5O2S. The molecule has 7 nitrogen and oxygen atoms in total. The molecular weight excluding hydrogens is 410 g/mol. The second-order valence-corrected chi connectivity index (χ2v) is 8.00. The predicted molar refractivity (Wildman–Crippen MR) is 117 cm³/mol. The number of aromatic nitrogens is 4. The minimum absolute atomic E-state index is 0.0755. The Bertz CT molecular complexity index is 1480. The van der Waals surface area contributed by atoms with Crippen molar-refractivity contribution in [2.24, 2.45) is 0 Å². The second-order valence-electron chi connectivity index (χ2n) is 6.89. The molecule has 0 saturated heterocycles. The van der Waals surface area contributed by atoms with Gasteiger partial charge < -0.3 is 8.98 Å². The fraction of sp³-hybridized carbons (Fsp3) is 0.0870. The van der Waals surface area contributed by atoms with Crippen LogP contribution in [0.1, 0.15) is 22.4 Å². The van der Waals surface area contributed by atoms with E-state index in [2.05, 4.69) is 39.4 Å². The zero-order valence-corrected chi connectivity index (χ0v) is 17.0. The van der Waals surface area contributed by atoms with Crippen LogP contribution in [0, 0.1) is 11.3 Å². The molecule has 0 unspecified atom stereocenters. The first kappa shape index (κ1) is 18.9. The normalized spacial score (nSPS) is 10.9. The predicted octanol–water partition coefficient (Wildman–Crippen LogP) is 4.02. The summed E-state index contributed by atoms with van der Waals surface area (Å²) in [5.74, 6) is 0.737. The maximum atomic E-state index is 12.2. The van der Waals surface area contributed by atoms with Gasteiger partial charge in [0.15, 0.2) is 0 Å². The molecule has 0 spiro atoms. The van der Waals surface area contributed by atoms with E-state index in [0.717, 1.165) is 26.4 Å². The van der Waals surface area contributed by atoms with Crippen LogP contribution in [0.4, 0.5) is 0 Å². The summed E-state index contributed by atoms with van der Waals surface area (Å²) in [5, 5.41) is 18.0. The maximum Gasteiger partial charge on any atom is 0.268 e. The van der Waals surface area contributed by atoms with Crippen molar-refractivity contribution in [1.29, 1.82) is 5.26 Å². The summed E-state index contributed by atoms with van der Waals surface area (Å²) >= 11 is 1.59. The fourth-order valence-electron chi connectivity index (χ4n) is 3.30. The monoisotopic (exact) mass is 425 g/mol. The van der Waals surface area contributed by atoms with Crippen LogP contribution in [-0.4, -0.2) is 19.7 Å². The molecule has 0 fully saturated rings. The van der Waals surface area contributed by atoms with Gasteiger partial charge in [0, 0.05) is 6.20 Å². The molecule has 0 aliphatic rings. The number of nitriles is 1. The minimum atomic E-state index is -0.384. The topological polar surface area (TPSA) is 97.6 Å². The number of fused-ring (bicyclic) bond motifs is 1. The lowest BCUT2D eigenvalue weighted by molar-refractivity contribution is 0.443. The Balaban J connectivity index is 1.35. The third kappa shape index (κ3) is 3.86. The number of thiazole rings is 1. The zero-order chi connectivity index (χ0) is 21.2. The molecule has 150 valence electrons. The molecule has 0 amide bonds.